The number of H-pyrrole nitrogens is 1. The second-order valence-electron chi connectivity index (χ2n) is 5.97. The molecular formula is C19H15F2N5O. The Morgan fingerprint density at radius 1 is 1.00 bits per heavy atom. The predicted octanol–water partition coefficient (Wildman–Crippen LogP) is 3.50. The SMILES string of the molecule is OCC(c1ccc(F)cc1)c1nc(Nc2ccn[nH]2)c2cc(F)ccc2n1. The van der Waals surface area contributed by atoms with Gasteiger partial charge in [-0.2, -0.15) is 5.10 Å². The van der Waals surface area contributed by atoms with Crippen LogP contribution in [0.4, 0.5) is 20.4 Å². The van der Waals surface area contributed by atoms with Gasteiger partial charge in [-0.1, -0.05) is 12.1 Å². The predicted molar refractivity (Wildman–Crippen MR) is 96.7 cm³/mol. The molecule has 1 atom stereocenters. The Morgan fingerprint density at radius 3 is 2.48 bits per heavy atom. The minimum absolute atomic E-state index is 0.262. The van der Waals surface area contributed by atoms with Crippen LogP contribution in [0.5, 0.6) is 0 Å². The van der Waals surface area contributed by atoms with E-state index in [1.807, 2.05) is 0 Å². The molecule has 4 aromatic rings. The Balaban J connectivity index is 1.84. The standard InChI is InChI=1S/C19H15F2N5O/c20-12-3-1-11(2-4-12)15(10-27)19-23-16-6-5-13(21)9-14(16)18(25-19)24-17-7-8-22-26-17/h1-9,15,27H,10H2,(H2,22,23,24,25,26). The summed E-state index contributed by atoms with van der Waals surface area (Å²) in [6.45, 7) is -0.262. The van der Waals surface area contributed by atoms with E-state index in [0.717, 1.165) is 0 Å². The van der Waals surface area contributed by atoms with Crippen LogP contribution in [0, 0.1) is 11.6 Å². The van der Waals surface area contributed by atoms with Crippen molar-refractivity contribution in [3.05, 3.63) is 77.8 Å². The Kier molecular flexibility index (Phi) is 4.47. The molecule has 27 heavy (non-hydrogen) atoms. The normalized spacial score (nSPS) is 12.3. The first-order valence-corrected chi connectivity index (χ1v) is 8.24. The lowest BCUT2D eigenvalue weighted by Gasteiger charge is -2.16. The molecule has 136 valence electrons. The topological polar surface area (TPSA) is 86.7 Å². The lowest BCUT2D eigenvalue weighted by Crippen LogP contribution is -2.12. The molecule has 0 saturated carbocycles. The second-order valence-corrected chi connectivity index (χ2v) is 5.97. The quantitative estimate of drug-likeness (QED) is 0.503. The molecule has 1 unspecified atom stereocenters. The lowest BCUT2D eigenvalue weighted by atomic mass is 9.99. The molecule has 0 aliphatic carbocycles. The molecule has 0 bridgehead atoms. The third-order valence-corrected chi connectivity index (χ3v) is 4.20. The molecule has 2 aromatic carbocycles. The summed E-state index contributed by atoms with van der Waals surface area (Å²) < 4.78 is 27.0. The zero-order chi connectivity index (χ0) is 18.8. The molecule has 4 rings (SSSR count). The Labute approximate surface area is 152 Å². The number of aromatic amines is 1. The van der Waals surface area contributed by atoms with E-state index in [1.165, 1.54) is 24.3 Å². The van der Waals surface area contributed by atoms with Crippen LogP contribution in [-0.4, -0.2) is 31.9 Å². The molecule has 8 heteroatoms. The van der Waals surface area contributed by atoms with Crippen molar-refractivity contribution in [2.45, 2.75) is 5.92 Å². The summed E-state index contributed by atoms with van der Waals surface area (Å²) in [6, 6.07) is 11.7. The molecule has 2 heterocycles. The van der Waals surface area contributed by atoms with Gasteiger partial charge in [-0.3, -0.25) is 5.10 Å². The fourth-order valence-corrected chi connectivity index (χ4v) is 2.85. The van der Waals surface area contributed by atoms with Gasteiger partial charge in [0.1, 0.15) is 29.1 Å². The average Bonchev–Trinajstić information content (AvgIpc) is 3.17. The van der Waals surface area contributed by atoms with E-state index in [9.17, 15) is 13.9 Å². The van der Waals surface area contributed by atoms with Crippen LogP contribution < -0.4 is 5.32 Å². The van der Waals surface area contributed by atoms with E-state index in [4.69, 9.17) is 0 Å². The average molecular weight is 367 g/mol. The van der Waals surface area contributed by atoms with Gasteiger partial charge in [-0.05, 0) is 35.9 Å². The highest BCUT2D eigenvalue weighted by Crippen LogP contribution is 2.29. The molecule has 0 amide bonds. The Bertz CT molecular complexity index is 1070. The zero-order valence-electron chi connectivity index (χ0n) is 14.0. The molecule has 2 aromatic heterocycles. The van der Waals surface area contributed by atoms with Crippen LogP contribution in [0.1, 0.15) is 17.3 Å². The van der Waals surface area contributed by atoms with Crippen molar-refractivity contribution < 1.29 is 13.9 Å². The van der Waals surface area contributed by atoms with E-state index in [2.05, 4.69) is 25.5 Å². The summed E-state index contributed by atoms with van der Waals surface area (Å²) in [4.78, 5) is 8.98. The highest BCUT2D eigenvalue weighted by molar-refractivity contribution is 5.90. The number of nitrogens with zero attached hydrogens (tertiary/aromatic N) is 3. The molecule has 0 aliphatic heterocycles. The molecule has 0 spiro atoms. The van der Waals surface area contributed by atoms with Crippen LogP contribution >= 0.6 is 0 Å². The monoisotopic (exact) mass is 367 g/mol. The van der Waals surface area contributed by atoms with Crippen molar-refractivity contribution in [3.63, 3.8) is 0 Å². The minimum Gasteiger partial charge on any atom is -0.395 e. The Hall–Kier alpha value is -3.39. The molecule has 0 aliphatic rings. The summed E-state index contributed by atoms with van der Waals surface area (Å²) >= 11 is 0. The molecule has 3 N–H and O–H groups in total. The van der Waals surface area contributed by atoms with Gasteiger partial charge in [0.2, 0.25) is 0 Å². The van der Waals surface area contributed by atoms with Gasteiger partial charge in [0.05, 0.1) is 24.2 Å². The van der Waals surface area contributed by atoms with Crippen LogP contribution in [0.15, 0.2) is 54.7 Å². The van der Waals surface area contributed by atoms with Crippen molar-refractivity contribution in [2.75, 3.05) is 11.9 Å². The number of hydrogen-bond donors (Lipinski definition) is 3. The van der Waals surface area contributed by atoms with E-state index >= 15 is 0 Å². The van der Waals surface area contributed by atoms with Crippen molar-refractivity contribution in [1.29, 1.82) is 0 Å². The van der Waals surface area contributed by atoms with Crippen molar-refractivity contribution >= 4 is 22.5 Å². The van der Waals surface area contributed by atoms with Gasteiger partial charge >= 0.3 is 0 Å². The number of aliphatic hydroxyl groups excluding tert-OH is 1. The lowest BCUT2D eigenvalue weighted by molar-refractivity contribution is 0.277. The van der Waals surface area contributed by atoms with Crippen molar-refractivity contribution in [3.8, 4) is 0 Å². The second kappa shape index (κ2) is 7.08. The molecule has 0 saturated heterocycles. The fourth-order valence-electron chi connectivity index (χ4n) is 2.85. The first-order chi connectivity index (χ1) is 13.1. The maximum absolute atomic E-state index is 13.7. The van der Waals surface area contributed by atoms with Gasteiger partial charge in [-0.15, -0.1) is 0 Å². The highest BCUT2D eigenvalue weighted by Gasteiger charge is 2.19. The maximum atomic E-state index is 13.7. The number of anilines is 2. The number of rotatable bonds is 5. The zero-order valence-corrected chi connectivity index (χ0v) is 14.0. The first kappa shape index (κ1) is 17.0. The van der Waals surface area contributed by atoms with Gasteiger partial charge in [0, 0.05) is 11.5 Å². The Morgan fingerprint density at radius 2 is 1.78 bits per heavy atom. The summed E-state index contributed by atoms with van der Waals surface area (Å²) in [6.07, 6.45) is 1.57. The maximum Gasteiger partial charge on any atom is 0.143 e. The molecular weight excluding hydrogens is 352 g/mol. The number of halogens is 2. The summed E-state index contributed by atoms with van der Waals surface area (Å²) in [7, 11) is 0. The number of hydrogen-bond acceptors (Lipinski definition) is 5. The number of aliphatic hydroxyl groups is 1. The van der Waals surface area contributed by atoms with E-state index in [-0.39, 0.29) is 12.4 Å². The highest BCUT2D eigenvalue weighted by atomic mass is 19.1. The smallest absolute Gasteiger partial charge is 0.143 e. The van der Waals surface area contributed by atoms with E-state index < -0.39 is 11.7 Å². The molecule has 6 nitrogen and oxygen atoms in total. The summed E-state index contributed by atoms with van der Waals surface area (Å²) in [5.41, 5.74) is 1.19. The van der Waals surface area contributed by atoms with Crippen LogP contribution in [0.2, 0.25) is 0 Å². The van der Waals surface area contributed by atoms with E-state index in [0.29, 0.717) is 33.9 Å². The van der Waals surface area contributed by atoms with Crippen LogP contribution in [-0.2, 0) is 0 Å². The number of fused-ring (bicyclic) bond motifs is 1. The molecule has 0 radical (unpaired) electrons. The number of benzene rings is 2. The van der Waals surface area contributed by atoms with Crippen molar-refractivity contribution in [1.82, 2.24) is 20.2 Å². The van der Waals surface area contributed by atoms with Gasteiger partial charge in [0.15, 0.2) is 0 Å². The third kappa shape index (κ3) is 3.47. The summed E-state index contributed by atoms with van der Waals surface area (Å²) in [5.74, 6) is -0.0462. The summed E-state index contributed by atoms with van der Waals surface area (Å²) in [5, 5.41) is 20.1. The number of aromatic nitrogens is 4. The first-order valence-electron chi connectivity index (χ1n) is 8.24. The van der Waals surface area contributed by atoms with Crippen LogP contribution in [0.3, 0.4) is 0 Å². The fraction of sp³-hybridized carbons (Fsp3) is 0.105. The number of nitrogens with one attached hydrogen (secondary N) is 2. The largest absolute Gasteiger partial charge is 0.395 e. The van der Waals surface area contributed by atoms with Gasteiger partial charge in [-0.25, -0.2) is 18.7 Å². The van der Waals surface area contributed by atoms with Crippen LogP contribution in [0.25, 0.3) is 10.9 Å². The third-order valence-electron chi connectivity index (χ3n) is 4.20. The minimum atomic E-state index is -0.553. The van der Waals surface area contributed by atoms with Gasteiger partial charge < -0.3 is 10.4 Å². The van der Waals surface area contributed by atoms with Gasteiger partial charge in [0.25, 0.3) is 0 Å². The van der Waals surface area contributed by atoms with E-state index in [1.54, 1.807) is 30.5 Å². The van der Waals surface area contributed by atoms with Crippen molar-refractivity contribution in [2.24, 2.45) is 0 Å². The molecule has 0 fully saturated rings.